The van der Waals surface area contributed by atoms with Gasteiger partial charge in [-0.1, -0.05) is 24.3 Å². The SMILES string of the molecule is O=C(Nc1nccs1)C(N1Cc2ccccc2C1)C(F)(F)F. The average Bonchev–Trinajstić information content (AvgIpc) is 3.05. The van der Waals surface area contributed by atoms with Crippen molar-refractivity contribution in [2.45, 2.75) is 25.3 Å². The van der Waals surface area contributed by atoms with Crippen molar-refractivity contribution in [1.82, 2.24) is 9.88 Å². The summed E-state index contributed by atoms with van der Waals surface area (Å²) in [7, 11) is 0. The van der Waals surface area contributed by atoms with Crippen LogP contribution in [0.1, 0.15) is 11.1 Å². The number of thiazole rings is 1. The Balaban J connectivity index is 1.81. The minimum atomic E-state index is -4.65. The Bertz CT molecular complexity index is 647. The van der Waals surface area contributed by atoms with Gasteiger partial charge in [0.2, 0.25) is 0 Å². The first kappa shape index (κ1) is 15.0. The number of anilines is 1. The molecule has 1 aromatic carbocycles. The van der Waals surface area contributed by atoms with E-state index in [-0.39, 0.29) is 18.2 Å². The maximum absolute atomic E-state index is 13.4. The van der Waals surface area contributed by atoms with E-state index in [2.05, 4.69) is 10.3 Å². The summed E-state index contributed by atoms with van der Waals surface area (Å²) in [5.41, 5.74) is 1.64. The smallest absolute Gasteiger partial charge is 0.300 e. The van der Waals surface area contributed by atoms with Crippen molar-refractivity contribution in [2.75, 3.05) is 5.32 Å². The van der Waals surface area contributed by atoms with Gasteiger partial charge in [-0.3, -0.25) is 9.69 Å². The number of hydrogen-bond acceptors (Lipinski definition) is 4. The largest absolute Gasteiger partial charge is 0.413 e. The summed E-state index contributed by atoms with van der Waals surface area (Å²) in [4.78, 5) is 17.0. The van der Waals surface area contributed by atoms with Crippen LogP contribution in [-0.2, 0) is 17.9 Å². The first-order valence-electron chi connectivity index (χ1n) is 6.53. The monoisotopic (exact) mass is 327 g/mol. The standard InChI is InChI=1S/C14H12F3N3OS/c15-14(16,17)11(12(21)19-13-18-5-6-22-13)20-7-9-3-1-2-4-10(9)8-20/h1-6,11H,7-8H2,(H,18,19,21). The fourth-order valence-corrected chi connectivity index (χ4v) is 3.05. The van der Waals surface area contributed by atoms with Crippen LogP contribution in [-0.4, -0.2) is 28.0 Å². The highest BCUT2D eigenvalue weighted by Crippen LogP contribution is 2.32. The van der Waals surface area contributed by atoms with Crippen molar-refractivity contribution in [3.8, 4) is 0 Å². The van der Waals surface area contributed by atoms with Gasteiger partial charge in [-0.2, -0.15) is 13.2 Å². The predicted molar refractivity (Wildman–Crippen MR) is 76.3 cm³/mol. The van der Waals surface area contributed by atoms with Crippen molar-refractivity contribution < 1.29 is 18.0 Å². The van der Waals surface area contributed by atoms with E-state index in [1.54, 1.807) is 29.6 Å². The molecule has 1 amide bonds. The molecule has 2 heterocycles. The van der Waals surface area contributed by atoms with Crippen molar-refractivity contribution >= 4 is 22.4 Å². The van der Waals surface area contributed by atoms with Crippen molar-refractivity contribution in [3.05, 3.63) is 47.0 Å². The molecule has 0 fully saturated rings. The third kappa shape index (κ3) is 2.97. The predicted octanol–water partition coefficient (Wildman–Crippen LogP) is 3.03. The Hall–Kier alpha value is -1.93. The number of hydrogen-bond donors (Lipinski definition) is 1. The van der Waals surface area contributed by atoms with E-state index >= 15 is 0 Å². The van der Waals surface area contributed by atoms with Crippen molar-refractivity contribution in [2.24, 2.45) is 0 Å². The molecule has 1 unspecified atom stereocenters. The van der Waals surface area contributed by atoms with Crippen LogP contribution in [0.4, 0.5) is 18.3 Å². The third-order valence-electron chi connectivity index (χ3n) is 3.45. The van der Waals surface area contributed by atoms with E-state index in [4.69, 9.17) is 0 Å². The molecule has 0 aliphatic carbocycles. The molecule has 8 heteroatoms. The summed E-state index contributed by atoms with van der Waals surface area (Å²) in [6, 6.07) is 4.92. The van der Waals surface area contributed by atoms with Gasteiger partial charge in [0.1, 0.15) is 0 Å². The van der Waals surface area contributed by atoms with Crippen LogP contribution in [0.5, 0.6) is 0 Å². The fraction of sp³-hybridized carbons (Fsp3) is 0.286. The molecule has 1 aromatic heterocycles. The van der Waals surface area contributed by atoms with Crippen LogP contribution >= 0.6 is 11.3 Å². The Kier molecular flexibility index (Phi) is 3.88. The van der Waals surface area contributed by atoms with Gasteiger partial charge in [0.25, 0.3) is 5.91 Å². The molecule has 2 aromatic rings. The number of benzene rings is 1. The number of halogens is 3. The van der Waals surface area contributed by atoms with E-state index in [9.17, 15) is 18.0 Å². The zero-order chi connectivity index (χ0) is 15.7. The molecule has 4 nitrogen and oxygen atoms in total. The van der Waals surface area contributed by atoms with Gasteiger partial charge in [-0.05, 0) is 11.1 Å². The highest BCUT2D eigenvalue weighted by Gasteiger charge is 2.50. The molecule has 1 atom stereocenters. The van der Waals surface area contributed by atoms with E-state index in [1.165, 1.54) is 6.20 Å². The number of carbonyl (C=O) groups is 1. The van der Waals surface area contributed by atoms with Crippen LogP contribution < -0.4 is 5.32 Å². The molecule has 0 saturated heterocycles. The average molecular weight is 327 g/mol. The topological polar surface area (TPSA) is 45.2 Å². The molecule has 0 spiro atoms. The fourth-order valence-electron chi connectivity index (χ4n) is 2.52. The molecule has 1 N–H and O–H groups in total. The summed E-state index contributed by atoms with van der Waals surface area (Å²) >= 11 is 1.08. The van der Waals surface area contributed by atoms with Crippen LogP contribution in [0.2, 0.25) is 0 Å². The molecule has 3 rings (SSSR count). The number of carbonyl (C=O) groups excluding carboxylic acids is 1. The minimum Gasteiger partial charge on any atom is -0.300 e. The summed E-state index contributed by atoms with van der Waals surface area (Å²) < 4.78 is 40.1. The zero-order valence-electron chi connectivity index (χ0n) is 11.3. The number of nitrogens with zero attached hydrogens (tertiary/aromatic N) is 2. The number of amides is 1. The summed E-state index contributed by atoms with van der Waals surface area (Å²) in [6.45, 7) is 0.206. The van der Waals surface area contributed by atoms with Crippen LogP contribution in [0.25, 0.3) is 0 Å². The van der Waals surface area contributed by atoms with Gasteiger partial charge < -0.3 is 5.32 Å². The van der Waals surface area contributed by atoms with Crippen molar-refractivity contribution in [1.29, 1.82) is 0 Å². The summed E-state index contributed by atoms with van der Waals surface area (Å²) in [5.74, 6) is -1.10. The quantitative estimate of drug-likeness (QED) is 0.942. The molecule has 22 heavy (non-hydrogen) atoms. The third-order valence-corrected chi connectivity index (χ3v) is 4.14. The van der Waals surface area contributed by atoms with E-state index < -0.39 is 18.1 Å². The first-order valence-corrected chi connectivity index (χ1v) is 7.41. The lowest BCUT2D eigenvalue weighted by atomic mass is 10.1. The van der Waals surface area contributed by atoms with Crippen molar-refractivity contribution in [3.63, 3.8) is 0 Å². The lowest BCUT2D eigenvalue weighted by Gasteiger charge is -2.27. The zero-order valence-corrected chi connectivity index (χ0v) is 12.1. The Morgan fingerprint density at radius 3 is 2.41 bits per heavy atom. The minimum absolute atomic E-state index is 0.103. The Morgan fingerprint density at radius 1 is 1.27 bits per heavy atom. The van der Waals surface area contributed by atoms with E-state index in [0.717, 1.165) is 27.4 Å². The Labute approximate surface area is 128 Å². The summed E-state index contributed by atoms with van der Waals surface area (Å²) in [5, 5.41) is 3.99. The maximum atomic E-state index is 13.4. The van der Waals surface area contributed by atoms with E-state index in [1.807, 2.05) is 0 Å². The molecule has 0 saturated carbocycles. The second kappa shape index (κ2) is 5.69. The first-order chi connectivity index (χ1) is 10.4. The van der Waals surface area contributed by atoms with Crippen LogP contribution in [0.3, 0.4) is 0 Å². The van der Waals surface area contributed by atoms with Gasteiger partial charge in [-0.15, -0.1) is 11.3 Å². The van der Waals surface area contributed by atoms with E-state index in [0.29, 0.717) is 0 Å². The highest BCUT2D eigenvalue weighted by atomic mass is 32.1. The number of aromatic nitrogens is 1. The molecule has 116 valence electrons. The number of fused-ring (bicyclic) bond motifs is 1. The van der Waals surface area contributed by atoms with Crippen LogP contribution in [0.15, 0.2) is 35.8 Å². The molecule has 0 bridgehead atoms. The van der Waals surface area contributed by atoms with Gasteiger partial charge in [0, 0.05) is 24.7 Å². The Morgan fingerprint density at radius 2 is 1.91 bits per heavy atom. The number of alkyl halides is 3. The van der Waals surface area contributed by atoms with Gasteiger partial charge in [-0.25, -0.2) is 4.98 Å². The summed E-state index contributed by atoms with van der Waals surface area (Å²) in [6.07, 6.45) is -3.22. The van der Waals surface area contributed by atoms with Crippen LogP contribution in [0, 0.1) is 0 Å². The molecular weight excluding hydrogens is 315 g/mol. The second-order valence-corrected chi connectivity index (χ2v) is 5.84. The van der Waals surface area contributed by atoms with Gasteiger partial charge in [0.05, 0.1) is 0 Å². The second-order valence-electron chi connectivity index (χ2n) is 4.94. The number of nitrogens with one attached hydrogen (secondary N) is 1. The molecular formula is C14H12F3N3OS. The highest BCUT2D eigenvalue weighted by molar-refractivity contribution is 7.13. The maximum Gasteiger partial charge on any atom is 0.413 e. The molecule has 0 radical (unpaired) electrons. The number of rotatable bonds is 3. The molecule has 1 aliphatic rings. The normalized spacial score (nSPS) is 16.3. The van der Waals surface area contributed by atoms with Gasteiger partial charge >= 0.3 is 6.18 Å². The van der Waals surface area contributed by atoms with Gasteiger partial charge in [0.15, 0.2) is 11.2 Å². The molecule has 1 aliphatic heterocycles. The lowest BCUT2D eigenvalue weighted by molar-refractivity contribution is -0.187. The lowest BCUT2D eigenvalue weighted by Crippen LogP contribution is -2.51.